The lowest BCUT2D eigenvalue weighted by molar-refractivity contribution is -0.142. The molecule has 35 heavy (non-hydrogen) atoms. The number of halogens is 3. The van der Waals surface area contributed by atoms with Gasteiger partial charge in [-0.25, -0.2) is 5.43 Å². The second-order valence-corrected chi connectivity index (χ2v) is 8.32. The number of carbonyl (C=O) groups excluding carboxylic acids is 2. The molecule has 3 rings (SSSR count). The monoisotopic (exact) mass is 495 g/mol. The van der Waals surface area contributed by atoms with Crippen molar-refractivity contribution in [3.63, 3.8) is 0 Å². The first-order chi connectivity index (χ1) is 16.6. The van der Waals surface area contributed by atoms with E-state index < -0.39 is 24.3 Å². The molecule has 190 valence electrons. The third kappa shape index (κ3) is 6.96. The van der Waals surface area contributed by atoms with Crippen LogP contribution in [0.3, 0.4) is 0 Å². The number of alkyl halides is 3. The van der Waals surface area contributed by atoms with Gasteiger partial charge in [0.25, 0.3) is 11.8 Å². The van der Waals surface area contributed by atoms with E-state index in [9.17, 15) is 22.8 Å². The topological polar surface area (TPSA) is 98.0 Å². The fourth-order valence-electron chi connectivity index (χ4n) is 3.97. The smallest absolute Gasteiger partial charge is 0.435 e. The zero-order chi connectivity index (χ0) is 25.6. The number of aromatic nitrogens is 2. The average molecular weight is 496 g/mol. The molecular weight excluding hydrogens is 467 g/mol. The van der Waals surface area contributed by atoms with Gasteiger partial charge in [0.05, 0.1) is 13.3 Å². The first-order valence-corrected chi connectivity index (χ1v) is 11.1. The van der Waals surface area contributed by atoms with Crippen molar-refractivity contribution in [3.05, 3.63) is 41.7 Å². The van der Waals surface area contributed by atoms with Crippen molar-refractivity contribution < 1.29 is 32.2 Å². The molecule has 1 aliphatic heterocycles. The summed E-state index contributed by atoms with van der Waals surface area (Å²) < 4.78 is 49.7. The van der Waals surface area contributed by atoms with E-state index in [1.54, 1.807) is 18.2 Å². The van der Waals surface area contributed by atoms with E-state index in [1.807, 2.05) is 18.7 Å². The lowest BCUT2D eigenvalue weighted by Crippen LogP contribution is -2.49. The molecule has 0 saturated carbocycles. The van der Waals surface area contributed by atoms with Gasteiger partial charge in [-0.05, 0) is 62.9 Å². The summed E-state index contributed by atoms with van der Waals surface area (Å²) in [5.74, 6) is 0.0341. The van der Waals surface area contributed by atoms with Gasteiger partial charge in [0.2, 0.25) is 0 Å². The predicted molar refractivity (Wildman–Crippen MR) is 121 cm³/mol. The van der Waals surface area contributed by atoms with Crippen LogP contribution in [0.4, 0.5) is 13.2 Å². The third-order valence-corrected chi connectivity index (χ3v) is 5.66. The van der Waals surface area contributed by atoms with E-state index in [1.165, 1.54) is 13.3 Å². The van der Waals surface area contributed by atoms with Gasteiger partial charge < -0.3 is 14.4 Å². The van der Waals surface area contributed by atoms with E-state index >= 15 is 0 Å². The minimum Gasteiger partial charge on any atom is -0.493 e. The Morgan fingerprint density at radius 1 is 1.20 bits per heavy atom. The Balaban J connectivity index is 1.54. The summed E-state index contributed by atoms with van der Waals surface area (Å²) in [6, 6.07) is 6.03. The zero-order valence-corrected chi connectivity index (χ0v) is 19.7. The Kier molecular flexibility index (Phi) is 8.36. The van der Waals surface area contributed by atoms with Crippen LogP contribution in [-0.4, -0.2) is 58.5 Å². The number of piperidine rings is 1. The van der Waals surface area contributed by atoms with E-state index in [0.29, 0.717) is 17.1 Å². The first kappa shape index (κ1) is 26.0. The van der Waals surface area contributed by atoms with Crippen LogP contribution in [0, 0.1) is 0 Å². The van der Waals surface area contributed by atoms with E-state index in [2.05, 4.69) is 15.6 Å². The van der Waals surface area contributed by atoms with Crippen LogP contribution >= 0.6 is 0 Å². The Hall–Kier alpha value is -3.57. The predicted octanol–water partition coefficient (Wildman–Crippen LogP) is 3.23. The van der Waals surface area contributed by atoms with E-state index in [0.717, 1.165) is 36.2 Å². The Labute approximate surface area is 200 Å². The molecule has 1 fully saturated rings. The van der Waals surface area contributed by atoms with Gasteiger partial charge in [-0.1, -0.05) is 0 Å². The lowest BCUT2D eigenvalue weighted by Gasteiger charge is -2.39. The van der Waals surface area contributed by atoms with Gasteiger partial charge in [0.1, 0.15) is 6.54 Å². The molecule has 1 saturated heterocycles. The number of nitrogens with one attached hydrogen (secondary N) is 1. The van der Waals surface area contributed by atoms with E-state index in [4.69, 9.17) is 9.47 Å². The van der Waals surface area contributed by atoms with Crippen molar-refractivity contribution in [2.75, 3.05) is 13.7 Å². The molecule has 1 N–H and O–H groups in total. The van der Waals surface area contributed by atoms with Gasteiger partial charge >= 0.3 is 6.18 Å². The van der Waals surface area contributed by atoms with Gasteiger partial charge in [-0.3, -0.25) is 14.3 Å². The number of methoxy groups -OCH3 is 1. The molecule has 2 atom stereocenters. The Morgan fingerprint density at radius 3 is 2.54 bits per heavy atom. The maximum atomic E-state index is 12.7. The molecule has 0 spiro atoms. The molecule has 2 amide bonds. The highest BCUT2D eigenvalue weighted by Crippen LogP contribution is 2.29. The molecule has 0 radical (unpaired) electrons. The highest BCUT2D eigenvalue weighted by molar-refractivity contribution is 5.83. The van der Waals surface area contributed by atoms with Crippen molar-refractivity contribution >= 4 is 18.0 Å². The van der Waals surface area contributed by atoms with Crippen molar-refractivity contribution in [3.8, 4) is 11.5 Å². The minimum absolute atomic E-state index is 0.0837. The maximum absolute atomic E-state index is 12.7. The normalized spacial score (nSPS) is 18.5. The number of hydrogen-bond donors (Lipinski definition) is 1. The zero-order valence-electron chi connectivity index (χ0n) is 19.7. The van der Waals surface area contributed by atoms with Crippen LogP contribution in [0.1, 0.15) is 44.4 Å². The molecule has 0 aliphatic carbocycles. The molecule has 9 nitrogen and oxygen atoms in total. The van der Waals surface area contributed by atoms with Gasteiger partial charge in [-0.2, -0.15) is 23.4 Å². The summed E-state index contributed by atoms with van der Waals surface area (Å²) in [5, 5.41) is 7.11. The number of rotatable bonds is 8. The van der Waals surface area contributed by atoms with Gasteiger partial charge in [0, 0.05) is 18.3 Å². The van der Waals surface area contributed by atoms with Crippen LogP contribution in [0.2, 0.25) is 0 Å². The van der Waals surface area contributed by atoms with Gasteiger partial charge in [0.15, 0.2) is 23.8 Å². The van der Waals surface area contributed by atoms with Crippen molar-refractivity contribution in [1.29, 1.82) is 0 Å². The SMILES string of the molecule is COc1cc(/C=N/NC(=O)Cn2ccc(C(F)(F)F)n2)ccc1OCC(=O)N1C(C)CCCC1C. The second kappa shape index (κ2) is 11.2. The fourth-order valence-corrected chi connectivity index (χ4v) is 3.97. The van der Waals surface area contributed by atoms with Crippen LogP contribution in [0.15, 0.2) is 35.6 Å². The minimum atomic E-state index is -4.58. The number of likely N-dealkylation sites (tertiary alicyclic amines) is 1. The number of nitrogens with zero attached hydrogens (tertiary/aromatic N) is 4. The molecule has 12 heteroatoms. The van der Waals surface area contributed by atoms with E-state index in [-0.39, 0.29) is 24.6 Å². The number of amides is 2. The van der Waals surface area contributed by atoms with Crippen molar-refractivity contribution in [2.24, 2.45) is 5.10 Å². The standard InChI is InChI=1S/C23H28F3N5O4/c1-15-5-4-6-16(2)31(15)22(33)14-35-18-8-7-17(11-19(18)34-3)12-27-28-21(32)13-30-10-9-20(29-30)23(24,25)26/h7-12,15-16H,4-6,13-14H2,1-3H3,(H,28,32)/b27-12+. The van der Waals surface area contributed by atoms with Crippen LogP contribution in [0.25, 0.3) is 0 Å². The highest BCUT2D eigenvalue weighted by Gasteiger charge is 2.33. The molecule has 2 heterocycles. The average Bonchev–Trinajstić information content (AvgIpc) is 3.27. The van der Waals surface area contributed by atoms with Crippen LogP contribution in [0.5, 0.6) is 11.5 Å². The molecular formula is C23H28F3N5O4. The summed E-state index contributed by atoms with van der Waals surface area (Å²) in [6.45, 7) is 3.54. The molecule has 0 bridgehead atoms. The van der Waals surface area contributed by atoms with Crippen LogP contribution in [-0.2, 0) is 22.3 Å². The highest BCUT2D eigenvalue weighted by atomic mass is 19.4. The van der Waals surface area contributed by atoms with Gasteiger partial charge in [-0.15, -0.1) is 0 Å². The van der Waals surface area contributed by atoms with Crippen LogP contribution < -0.4 is 14.9 Å². The summed E-state index contributed by atoms with van der Waals surface area (Å²) >= 11 is 0. The summed E-state index contributed by atoms with van der Waals surface area (Å²) in [6.07, 6.45) is 0.879. The first-order valence-electron chi connectivity index (χ1n) is 11.1. The molecule has 2 unspecified atom stereocenters. The lowest BCUT2D eigenvalue weighted by atomic mass is 9.97. The number of ether oxygens (including phenoxy) is 2. The summed E-state index contributed by atoms with van der Waals surface area (Å²) in [7, 11) is 1.46. The van der Waals surface area contributed by atoms with Crippen molar-refractivity contribution in [1.82, 2.24) is 20.1 Å². The number of carbonyl (C=O) groups is 2. The maximum Gasteiger partial charge on any atom is 0.435 e. The fraction of sp³-hybridized carbons (Fsp3) is 0.478. The molecule has 1 aliphatic rings. The number of hydrazone groups is 1. The summed E-state index contributed by atoms with van der Waals surface area (Å²) in [4.78, 5) is 26.5. The molecule has 2 aromatic rings. The second-order valence-electron chi connectivity index (χ2n) is 8.32. The Morgan fingerprint density at radius 2 is 1.91 bits per heavy atom. The molecule has 1 aromatic carbocycles. The number of benzene rings is 1. The summed E-state index contributed by atoms with van der Waals surface area (Å²) in [5.41, 5.74) is 1.72. The third-order valence-electron chi connectivity index (χ3n) is 5.66. The van der Waals surface area contributed by atoms with Crippen molar-refractivity contribution in [2.45, 2.75) is 57.9 Å². The number of hydrogen-bond acceptors (Lipinski definition) is 6. The Bertz CT molecular complexity index is 1060. The molecule has 1 aromatic heterocycles. The largest absolute Gasteiger partial charge is 0.493 e. The quantitative estimate of drug-likeness (QED) is 0.448.